The van der Waals surface area contributed by atoms with Gasteiger partial charge in [0.25, 0.3) is 5.91 Å². The minimum absolute atomic E-state index is 0.0218. The number of nitrogens with one attached hydrogen (secondary N) is 1. The van der Waals surface area contributed by atoms with Crippen LogP contribution in [0.15, 0.2) is 24.3 Å². The number of rotatable bonds is 2. The van der Waals surface area contributed by atoms with E-state index in [0.717, 1.165) is 5.69 Å². The number of nitrogens with zero attached hydrogens (tertiary/aromatic N) is 1. The van der Waals surface area contributed by atoms with Gasteiger partial charge in [-0.2, -0.15) is 0 Å². The summed E-state index contributed by atoms with van der Waals surface area (Å²) >= 11 is 2.04. The standard InChI is InChI=1S/C9H11IN2O/c1-12(2)9(13)7-4-3-5-8(6-7)11-10/h3-6,11H,1-2H3. The highest BCUT2D eigenvalue weighted by molar-refractivity contribution is 14.1. The normalized spacial score (nSPS) is 9.46. The third-order valence-electron chi connectivity index (χ3n) is 1.62. The number of hydrogen-bond acceptors (Lipinski definition) is 2. The van der Waals surface area contributed by atoms with Gasteiger partial charge >= 0.3 is 0 Å². The van der Waals surface area contributed by atoms with Gasteiger partial charge in [-0.15, -0.1) is 0 Å². The van der Waals surface area contributed by atoms with E-state index in [4.69, 9.17) is 0 Å². The van der Waals surface area contributed by atoms with Crippen molar-refractivity contribution in [1.29, 1.82) is 0 Å². The summed E-state index contributed by atoms with van der Waals surface area (Å²) in [5.41, 5.74) is 1.64. The zero-order chi connectivity index (χ0) is 9.84. The maximum atomic E-state index is 11.5. The summed E-state index contributed by atoms with van der Waals surface area (Å²) in [4.78, 5) is 13.1. The van der Waals surface area contributed by atoms with Crippen molar-refractivity contribution in [2.45, 2.75) is 0 Å². The molecule has 0 aliphatic carbocycles. The van der Waals surface area contributed by atoms with Gasteiger partial charge in [-0.05, 0) is 18.2 Å². The summed E-state index contributed by atoms with van der Waals surface area (Å²) < 4.78 is 2.96. The van der Waals surface area contributed by atoms with Crippen LogP contribution in [-0.2, 0) is 0 Å². The topological polar surface area (TPSA) is 32.3 Å². The fourth-order valence-corrected chi connectivity index (χ4v) is 1.30. The molecule has 1 aromatic rings. The number of halogens is 1. The quantitative estimate of drug-likeness (QED) is 0.668. The Bertz CT molecular complexity index is 312. The Kier molecular flexibility index (Phi) is 3.53. The van der Waals surface area contributed by atoms with E-state index in [2.05, 4.69) is 3.53 Å². The Morgan fingerprint density at radius 2 is 2.15 bits per heavy atom. The maximum absolute atomic E-state index is 11.5. The molecule has 0 unspecified atom stereocenters. The molecule has 70 valence electrons. The first-order valence-electron chi connectivity index (χ1n) is 3.83. The van der Waals surface area contributed by atoms with Gasteiger partial charge in [0.05, 0.1) is 22.9 Å². The van der Waals surface area contributed by atoms with Crippen molar-refractivity contribution in [2.24, 2.45) is 0 Å². The fraction of sp³-hybridized carbons (Fsp3) is 0.222. The molecule has 1 amide bonds. The molecule has 0 fully saturated rings. The van der Waals surface area contributed by atoms with Gasteiger partial charge in [-0.3, -0.25) is 4.79 Å². The van der Waals surface area contributed by atoms with Crippen LogP contribution < -0.4 is 3.53 Å². The van der Waals surface area contributed by atoms with Gasteiger partial charge in [0.15, 0.2) is 0 Å². The average Bonchev–Trinajstić information content (AvgIpc) is 2.16. The van der Waals surface area contributed by atoms with Crippen molar-refractivity contribution < 1.29 is 4.79 Å². The molecule has 13 heavy (non-hydrogen) atoms. The van der Waals surface area contributed by atoms with Gasteiger partial charge < -0.3 is 8.43 Å². The lowest BCUT2D eigenvalue weighted by atomic mass is 10.2. The lowest BCUT2D eigenvalue weighted by molar-refractivity contribution is 0.0827. The van der Waals surface area contributed by atoms with Crippen LogP contribution in [0.3, 0.4) is 0 Å². The minimum atomic E-state index is 0.0218. The van der Waals surface area contributed by atoms with Crippen LogP contribution in [0, 0.1) is 0 Å². The molecule has 1 N–H and O–H groups in total. The molecule has 1 rings (SSSR count). The number of benzene rings is 1. The Balaban J connectivity index is 2.95. The highest BCUT2D eigenvalue weighted by Crippen LogP contribution is 2.13. The molecule has 3 nitrogen and oxygen atoms in total. The molecule has 0 radical (unpaired) electrons. The predicted octanol–water partition coefficient (Wildman–Crippen LogP) is 2.15. The molecule has 0 aromatic heterocycles. The summed E-state index contributed by atoms with van der Waals surface area (Å²) in [5, 5.41) is 0. The van der Waals surface area contributed by atoms with E-state index in [1.165, 1.54) is 0 Å². The molecular weight excluding hydrogens is 279 g/mol. The van der Waals surface area contributed by atoms with Crippen molar-refractivity contribution >= 4 is 34.5 Å². The van der Waals surface area contributed by atoms with Gasteiger partial charge in [-0.1, -0.05) is 6.07 Å². The van der Waals surface area contributed by atoms with Crippen LogP contribution in [0.4, 0.5) is 5.69 Å². The van der Waals surface area contributed by atoms with Crippen molar-refractivity contribution in [3.63, 3.8) is 0 Å². The van der Waals surface area contributed by atoms with Crippen LogP contribution in [0.1, 0.15) is 10.4 Å². The van der Waals surface area contributed by atoms with Crippen LogP contribution in [0.2, 0.25) is 0 Å². The summed E-state index contributed by atoms with van der Waals surface area (Å²) in [7, 11) is 3.49. The second-order valence-electron chi connectivity index (χ2n) is 2.87. The molecule has 0 bridgehead atoms. The highest BCUT2D eigenvalue weighted by Gasteiger charge is 2.07. The molecule has 0 aliphatic rings. The Labute approximate surface area is 91.6 Å². The van der Waals surface area contributed by atoms with Gasteiger partial charge in [0.1, 0.15) is 0 Å². The zero-order valence-corrected chi connectivity index (χ0v) is 9.70. The lowest BCUT2D eigenvalue weighted by Gasteiger charge is -2.10. The first kappa shape index (κ1) is 10.3. The third kappa shape index (κ3) is 2.58. The van der Waals surface area contributed by atoms with Crippen molar-refractivity contribution in [2.75, 3.05) is 17.6 Å². The van der Waals surface area contributed by atoms with Crippen molar-refractivity contribution in [1.82, 2.24) is 4.90 Å². The minimum Gasteiger partial charge on any atom is -0.345 e. The molecule has 4 heteroatoms. The number of anilines is 1. The Morgan fingerprint density at radius 1 is 1.46 bits per heavy atom. The SMILES string of the molecule is CN(C)C(=O)c1cccc(NI)c1. The van der Waals surface area contributed by atoms with E-state index in [1.54, 1.807) is 25.1 Å². The number of amides is 1. The van der Waals surface area contributed by atoms with Crippen LogP contribution in [0.25, 0.3) is 0 Å². The van der Waals surface area contributed by atoms with E-state index in [0.29, 0.717) is 5.56 Å². The number of carbonyl (C=O) groups is 1. The molecule has 0 heterocycles. The third-order valence-corrected chi connectivity index (χ3v) is 2.25. The first-order valence-corrected chi connectivity index (χ1v) is 4.91. The highest BCUT2D eigenvalue weighted by atomic mass is 127. The van der Waals surface area contributed by atoms with E-state index in [1.807, 2.05) is 41.1 Å². The smallest absolute Gasteiger partial charge is 0.253 e. The molecule has 0 aliphatic heterocycles. The van der Waals surface area contributed by atoms with Crippen LogP contribution in [-0.4, -0.2) is 24.9 Å². The molecular formula is C9H11IN2O. The average molecular weight is 290 g/mol. The lowest BCUT2D eigenvalue weighted by Crippen LogP contribution is -2.21. The predicted molar refractivity (Wildman–Crippen MR) is 62.1 cm³/mol. The van der Waals surface area contributed by atoms with Crippen LogP contribution in [0.5, 0.6) is 0 Å². The summed E-state index contributed by atoms with van der Waals surface area (Å²) in [5.74, 6) is 0.0218. The van der Waals surface area contributed by atoms with Gasteiger partial charge in [0, 0.05) is 25.3 Å². The van der Waals surface area contributed by atoms with E-state index in [-0.39, 0.29) is 5.91 Å². The summed E-state index contributed by atoms with van der Waals surface area (Å²) in [6, 6.07) is 7.41. The Morgan fingerprint density at radius 3 is 2.69 bits per heavy atom. The molecule has 0 saturated heterocycles. The summed E-state index contributed by atoms with van der Waals surface area (Å²) in [6.07, 6.45) is 0. The first-order chi connectivity index (χ1) is 6.15. The molecule has 0 atom stereocenters. The molecule has 0 spiro atoms. The maximum Gasteiger partial charge on any atom is 0.253 e. The Hall–Kier alpha value is -0.780. The van der Waals surface area contributed by atoms with Gasteiger partial charge in [-0.25, -0.2) is 0 Å². The number of carbonyl (C=O) groups excluding carboxylic acids is 1. The van der Waals surface area contributed by atoms with E-state index in [9.17, 15) is 4.79 Å². The van der Waals surface area contributed by atoms with Gasteiger partial charge in [0.2, 0.25) is 0 Å². The molecule has 1 aromatic carbocycles. The summed E-state index contributed by atoms with van der Waals surface area (Å²) in [6.45, 7) is 0. The van der Waals surface area contributed by atoms with Crippen LogP contribution >= 0.6 is 22.9 Å². The van der Waals surface area contributed by atoms with E-state index >= 15 is 0 Å². The van der Waals surface area contributed by atoms with E-state index < -0.39 is 0 Å². The molecule has 0 saturated carbocycles. The second-order valence-corrected chi connectivity index (χ2v) is 3.41. The largest absolute Gasteiger partial charge is 0.345 e. The van der Waals surface area contributed by atoms with Crippen molar-refractivity contribution in [3.8, 4) is 0 Å². The monoisotopic (exact) mass is 290 g/mol. The zero-order valence-electron chi connectivity index (χ0n) is 7.54. The van der Waals surface area contributed by atoms with Crippen molar-refractivity contribution in [3.05, 3.63) is 29.8 Å². The fourth-order valence-electron chi connectivity index (χ4n) is 0.969. The number of hydrogen-bond donors (Lipinski definition) is 1. The second kappa shape index (κ2) is 4.45.